The van der Waals surface area contributed by atoms with Gasteiger partial charge in [-0.3, -0.25) is 4.79 Å². The molecule has 5 nitrogen and oxygen atoms in total. The summed E-state index contributed by atoms with van der Waals surface area (Å²) in [6.07, 6.45) is -1.09. The molecule has 1 unspecified atom stereocenters. The molecule has 2 rings (SSSR count). The first-order valence-electron chi connectivity index (χ1n) is 6.09. The topological polar surface area (TPSA) is 68.5 Å². The highest BCUT2D eigenvalue weighted by molar-refractivity contribution is 9.10. The van der Waals surface area contributed by atoms with Gasteiger partial charge >= 0.3 is 5.97 Å². The molecule has 0 saturated carbocycles. The first-order valence-corrected chi connectivity index (χ1v) is 7.26. The van der Waals surface area contributed by atoms with Crippen molar-refractivity contribution in [3.8, 4) is 0 Å². The van der Waals surface area contributed by atoms with Crippen LogP contribution in [0.1, 0.15) is 17.5 Å². The number of carbonyl (C=O) groups excluding carboxylic acids is 2. The summed E-state index contributed by atoms with van der Waals surface area (Å²) in [5, 5.41) is 2.49. The van der Waals surface area contributed by atoms with Crippen LogP contribution in [0.3, 0.4) is 0 Å². The van der Waals surface area contributed by atoms with Crippen LogP contribution in [0.15, 0.2) is 39.4 Å². The van der Waals surface area contributed by atoms with Gasteiger partial charge in [-0.25, -0.2) is 9.18 Å². The van der Waals surface area contributed by atoms with Gasteiger partial charge in [0.15, 0.2) is 10.8 Å². The molecular formula is C14H10BrClFNO4. The van der Waals surface area contributed by atoms with Crippen molar-refractivity contribution >= 4 is 45.1 Å². The lowest BCUT2D eigenvalue weighted by atomic mass is 10.3. The Labute approximate surface area is 138 Å². The molecule has 22 heavy (non-hydrogen) atoms. The average Bonchev–Trinajstić information content (AvgIpc) is 2.88. The molecule has 1 heterocycles. The van der Waals surface area contributed by atoms with Crippen molar-refractivity contribution in [3.63, 3.8) is 0 Å². The Morgan fingerprint density at radius 1 is 1.36 bits per heavy atom. The molecule has 1 aromatic heterocycles. The van der Waals surface area contributed by atoms with Crippen molar-refractivity contribution in [1.29, 1.82) is 0 Å². The third-order valence-electron chi connectivity index (χ3n) is 2.62. The van der Waals surface area contributed by atoms with Gasteiger partial charge in [0.2, 0.25) is 5.76 Å². The van der Waals surface area contributed by atoms with Gasteiger partial charge < -0.3 is 14.5 Å². The molecule has 0 fully saturated rings. The summed E-state index contributed by atoms with van der Waals surface area (Å²) in [5.74, 6) is -1.94. The largest absolute Gasteiger partial charge is 0.447 e. The maximum absolute atomic E-state index is 12.9. The fourth-order valence-corrected chi connectivity index (χ4v) is 2.04. The van der Waals surface area contributed by atoms with E-state index in [4.69, 9.17) is 20.8 Å². The van der Waals surface area contributed by atoms with E-state index in [0.717, 1.165) is 12.1 Å². The van der Waals surface area contributed by atoms with Crippen LogP contribution in [-0.2, 0) is 9.53 Å². The summed E-state index contributed by atoms with van der Waals surface area (Å²) in [5.41, 5.74) is 0.219. The molecule has 0 saturated heterocycles. The van der Waals surface area contributed by atoms with Crippen molar-refractivity contribution < 1.29 is 23.1 Å². The van der Waals surface area contributed by atoms with Crippen LogP contribution in [0.4, 0.5) is 10.1 Å². The predicted octanol–water partition coefficient (Wildman–Crippen LogP) is 4.02. The number of rotatable bonds is 4. The second-order valence-electron chi connectivity index (χ2n) is 4.26. The number of carbonyl (C=O) groups is 2. The van der Waals surface area contributed by atoms with Gasteiger partial charge in [0.25, 0.3) is 5.91 Å². The fraction of sp³-hybridized carbons (Fsp3) is 0.143. The van der Waals surface area contributed by atoms with Crippen molar-refractivity contribution in [1.82, 2.24) is 0 Å². The quantitative estimate of drug-likeness (QED) is 0.801. The third kappa shape index (κ3) is 4.08. The van der Waals surface area contributed by atoms with Gasteiger partial charge in [-0.1, -0.05) is 11.6 Å². The minimum absolute atomic E-state index is 0.0358. The number of ether oxygens (including phenoxy) is 1. The molecular weight excluding hydrogens is 381 g/mol. The van der Waals surface area contributed by atoms with E-state index >= 15 is 0 Å². The van der Waals surface area contributed by atoms with Crippen LogP contribution in [0, 0.1) is 5.82 Å². The normalized spacial score (nSPS) is 11.8. The van der Waals surface area contributed by atoms with Crippen molar-refractivity contribution in [2.75, 3.05) is 5.32 Å². The lowest BCUT2D eigenvalue weighted by Gasteiger charge is -2.13. The number of esters is 1. The number of amides is 1. The molecule has 116 valence electrons. The first-order chi connectivity index (χ1) is 10.4. The zero-order chi connectivity index (χ0) is 16.3. The molecule has 0 aliphatic heterocycles. The zero-order valence-electron chi connectivity index (χ0n) is 11.2. The van der Waals surface area contributed by atoms with Crippen molar-refractivity contribution in [2.24, 2.45) is 0 Å². The summed E-state index contributed by atoms with van der Waals surface area (Å²) in [7, 11) is 0. The van der Waals surface area contributed by atoms with Gasteiger partial charge in [0.1, 0.15) is 5.82 Å². The van der Waals surface area contributed by atoms with E-state index in [9.17, 15) is 14.0 Å². The van der Waals surface area contributed by atoms with Crippen LogP contribution in [-0.4, -0.2) is 18.0 Å². The van der Waals surface area contributed by atoms with E-state index < -0.39 is 23.8 Å². The van der Waals surface area contributed by atoms with Crippen LogP contribution in [0.2, 0.25) is 5.02 Å². The number of anilines is 1. The van der Waals surface area contributed by atoms with E-state index in [0.29, 0.717) is 4.67 Å². The summed E-state index contributed by atoms with van der Waals surface area (Å²) in [4.78, 5) is 23.7. The molecule has 0 aliphatic rings. The third-order valence-corrected chi connectivity index (χ3v) is 3.36. The standard InChI is InChI=1S/C14H10BrClFNO4/c1-7(21-14(20)11-4-5-12(15)22-11)13(19)18-10-3-2-8(17)6-9(10)16/h2-7H,1H3,(H,18,19). The molecule has 0 radical (unpaired) electrons. The number of furan rings is 1. The van der Waals surface area contributed by atoms with E-state index in [1.165, 1.54) is 25.1 Å². The Balaban J connectivity index is 1.98. The SMILES string of the molecule is CC(OC(=O)c1ccc(Br)o1)C(=O)Nc1ccc(F)cc1Cl. The highest BCUT2D eigenvalue weighted by Gasteiger charge is 2.21. The Morgan fingerprint density at radius 2 is 2.09 bits per heavy atom. The first kappa shape index (κ1) is 16.5. The number of hydrogen-bond donors (Lipinski definition) is 1. The van der Waals surface area contributed by atoms with E-state index in [2.05, 4.69) is 21.2 Å². The Bertz CT molecular complexity index is 719. The van der Waals surface area contributed by atoms with Gasteiger partial charge in [0, 0.05) is 0 Å². The van der Waals surface area contributed by atoms with Crippen LogP contribution < -0.4 is 5.32 Å². The fourth-order valence-electron chi connectivity index (χ4n) is 1.52. The molecule has 1 N–H and O–H groups in total. The van der Waals surface area contributed by atoms with Crippen LogP contribution in [0.25, 0.3) is 0 Å². The number of nitrogens with one attached hydrogen (secondary N) is 1. The second kappa shape index (κ2) is 6.93. The van der Waals surface area contributed by atoms with Crippen LogP contribution >= 0.6 is 27.5 Å². The monoisotopic (exact) mass is 389 g/mol. The van der Waals surface area contributed by atoms with Gasteiger partial charge in [0.05, 0.1) is 10.7 Å². The molecule has 0 spiro atoms. The molecule has 1 atom stereocenters. The Morgan fingerprint density at radius 3 is 2.68 bits per heavy atom. The van der Waals surface area contributed by atoms with Gasteiger partial charge in [-0.15, -0.1) is 0 Å². The molecule has 1 amide bonds. The maximum Gasteiger partial charge on any atom is 0.375 e. The molecule has 8 heteroatoms. The Hall–Kier alpha value is -1.86. The second-order valence-corrected chi connectivity index (χ2v) is 5.45. The number of hydrogen-bond acceptors (Lipinski definition) is 4. The zero-order valence-corrected chi connectivity index (χ0v) is 13.6. The smallest absolute Gasteiger partial charge is 0.375 e. The maximum atomic E-state index is 12.9. The lowest BCUT2D eigenvalue weighted by molar-refractivity contribution is -0.123. The van der Waals surface area contributed by atoms with Gasteiger partial charge in [-0.2, -0.15) is 0 Å². The molecule has 2 aromatic rings. The highest BCUT2D eigenvalue weighted by Crippen LogP contribution is 2.23. The number of benzene rings is 1. The van der Waals surface area contributed by atoms with Crippen molar-refractivity contribution in [3.05, 3.63) is 51.6 Å². The van der Waals surface area contributed by atoms with E-state index in [1.54, 1.807) is 0 Å². The summed E-state index contributed by atoms with van der Waals surface area (Å²) in [6.45, 7) is 1.39. The van der Waals surface area contributed by atoms with E-state index in [-0.39, 0.29) is 16.5 Å². The molecule has 0 bridgehead atoms. The van der Waals surface area contributed by atoms with Crippen molar-refractivity contribution in [2.45, 2.75) is 13.0 Å². The average molecular weight is 391 g/mol. The van der Waals surface area contributed by atoms with E-state index in [1.807, 2.05) is 0 Å². The van der Waals surface area contributed by atoms with Gasteiger partial charge in [-0.05, 0) is 53.2 Å². The summed E-state index contributed by atoms with van der Waals surface area (Å²) >= 11 is 8.85. The predicted molar refractivity (Wildman–Crippen MR) is 81.3 cm³/mol. The Kier molecular flexibility index (Phi) is 5.20. The lowest BCUT2D eigenvalue weighted by Crippen LogP contribution is -2.30. The molecule has 0 aliphatic carbocycles. The number of halogens is 3. The minimum atomic E-state index is -1.09. The molecule has 1 aromatic carbocycles. The summed E-state index contributed by atoms with van der Waals surface area (Å²) < 4.78 is 23.3. The highest BCUT2D eigenvalue weighted by atomic mass is 79.9. The summed E-state index contributed by atoms with van der Waals surface area (Å²) in [6, 6.07) is 6.47. The minimum Gasteiger partial charge on any atom is -0.447 e. The van der Waals surface area contributed by atoms with Crippen LogP contribution in [0.5, 0.6) is 0 Å².